The van der Waals surface area contributed by atoms with Crippen LogP contribution >= 0.6 is 15.9 Å². The molecule has 0 bridgehead atoms. The molecule has 1 unspecified atom stereocenters. The van der Waals surface area contributed by atoms with Crippen LogP contribution in [0.4, 0.5) is 8.78 Å². The molecule has 11 heteroatoms. The van der Waals surface area contributed by atoms with Crippen LogP contribution in [0.25, 0.3) is 11.0 Å². The Morgan fingerprint density at radius 2 is 1.97 bits per heavy atom. The van der Waals surface area contributed by atoms with Gasteiger partial charge in [0.2, 0.25) is 0 Å². The van der Waals surface area contributed by atoms with Gasteiger partial charge in [0.05, 0.1) is 24.5 Å². The molecular weight excluding hydrogens is 458 g/mol. The quantitative estimate of drug-likeness (QED) is 0.604. The van der Waals surface area contributed by atoms with Gasteiger partial charge in [-0.1, -0.05) is 0 Å². The highest BCUT2D eigenvalue weighted by Gasteiger charge is 2.35. The smallest absolute Gasteiger partial charge is 0.192 e. The molecule has 0 spiro atoms. The molecule has 8 nitrogen and oxygen atoms in total. The summed E-state index contributed by atoms with van der Waals surface area (Å²) in [5, 5.41) is 5.55. The Morgan fingerprint density at radius 1 is 1.20 bits per heavy atom. The van der Waals surface area contributed by atoms with Crippen LogP contribution in [0.15, 0.2) is 27.9 Å². The molecule has 2 aliphatic heterocycles. The summed E-state index contributed by atoms with van der Waals surface area (Å²) < 4.78 is 30.5. The van der Waals surface area contributed by atoms with Crippen molar-refractivity contribution >= 4 is 33.2 Å². The average Bonchev–Trinajstić information content (AvgIpc) is 3.28. The van der Waals surface area contributed by atoms with E-state index in [0.717, 1.165) is 23.8 Å². The van der Waals surface area contributed by atoms with E-state index in [4.69, 9.17) is 4.99 Å². The van der Waals surface area contributed by atoms with Crippen LogP contribution < -0.4 is 10.3 Å². The fourth-order valence-corrected chi connectivity index (χ4v) is 4.77. The lowest BCUT2D eigenvalue weighted by Gasteiger charge is -2.45. The number of aromatic nitrogens is 4. The van der Waals surface area contributed by atoms with Crippen LogP contribution in [-0.2, 0) is 6.54 Å². The second kappa shape index (κ2) is 7.40. The highest BCUT2D eigenvalue weighted by Crippen LogP contribution is 2.24. The topological polar surface area (TPSA) is 77.4 Å². The van der Waals surface area contributed by atoms with Gasteiger partial charge in [-0.2, -0.15) is 0 Å². The monoisotopic (exact) mass is 478 g/mol. The van der Waals surface area contributed by atoms with E-state index in [9.17, 15) is 8.78 Å². The van der Waals surface area contributed by atoms with Crippen LogP contribution in [0.1, 0.15) is 25.5 Å². The van der Waals surface area contributed by atoms with Crippen LogP contribution in [0.2, 0.25) is 0 Å². The number of halogens is 3. The fourth-order valence-electron chi connectivity index (χ4n) is 4.28. The third-order valence-electron chi connectivity index (χ3n) is 5.39. The third kappa shape index (κ3) is 3.30. The summed E-state index contributed by atoms with van der Waals surface area (Å²) in [5.74, 6) is -0.663. The number of aromatic amines is 1. The highest BCUT2D eigenvalue weighted by molar-refractivity contribution is 9.10. The van der Waals surface area contributed by atoms with Gasteiger partial charge in [0, 0.05) is 25.2 Å². The molecule has 2 aromatic heterocycles. The maximum absolute atomic E-state index is 14.2. The minimum absolute atomic E-state index is 0.00334. The Hall–Kier alpha value is -2.37. The van der Waals surface area contributed by atoms with Crippen LogP contribution in [0.5, 0.6) is 0 Å². The predicted octanol–water partition coefficient (Wildman–Crippen LogP) is 2.34. The Bertz CT molecular complexity index is 1120. The second-order valence-corrected chi connectivity index (χ2v) is 8.65. The molecule has 0 amide bonds. The molecule has 1 fully saturated rings. The van der Waals surface area contributed by atoms with Gasteiger partial charge in [0.15, 0.2) is 23.7 Å². The molecule has 2 N–H and O–H groups in total. The van der Waals surface area contributed by atoms with E-state index in [1.54, 1.807) is 12.4 Å². The summed E-state index contributed by atoms with van der Waals surface area (Å²) in [6.07, 6.45) is 3.19. The van der Waals surface area contributed by atoms with Crippen LogP contribution in [0.3, 0.4) is 0 Å². The molecule has 0 aliphatic carbocycles. The molecule has 0 saturated carbocycles. The summed E-state index contributed by atoms with van der Waals surface area (Å²) in [7, 11) is 0. The molecule has 158 valence electrons. The predicted molar refractivity (Wildman–Crippen MR) is 113 cm³/mol. The van der Waals surface area contributed by atoms with E-state index in [2.05, 4.69) is 54.9 Å². The number of nitrogens with one attached hydrogen (secondary N) is 2. The maximum atomic E-state index is 14.2. The van der Waals surface area contributed by atoms with E-state index >= 15 is 0 Å². The van der Waals surface area contributed by atoms with Crippen molar-refractivity contribution in [3.8, 4) is 0 Å². The van der Waals surface area contributed by atoms with Crippen LogP contribution in [-0.4, -0.2) is 62.2 Å². The number of H-pyrrole nitrogens is 1. The molecule has 5 rings (SSSR count). The Balaban J connectivity index is 1.53. The van der Waals surface area contributed by atoms with Gasteiger partial charge < -0.3 is 10.3 Å². The van der Waals surface area contributed by atoms with E-state index in [0.29, 0.717) is 35.8 Å². The number of hydrogen-bond donors (Lipinski definition) is 2. The molecule has 1 aromatic carbocycles. The number of nitrogens with zero attached hydrogens (tertiary/aromatic N) is 6. The Morgan fingerprint density at radius 3 is 2.73 bits per heavy atom. The summed E-state index contributed by atoms with van der Waals surface area (Å²) in [6, 6.07) is 3.24. The van der Waals surface area contributed by atoms with Crippen LogP contribution in [0, 0.1) is 11.6 Å². The normalized spacial score (nSPS) is 24.6. The van der Waals surface area contributed by atoms with E-state index < -0.39 is 11.6 Å². The number of fused-ring (bicyclic) bond motifs is 2. The van der Waals surface area contributed by atoms with Crippen molar-refractivity contribution in [1.29, 1.82) is 0 Å². The lowest BCUT2D eigenvalue weighted by molar-refractivity contribution is 0.106. The number of aliphatic imine (C=N–C) groups is 1. The van der Waals surface area contributed by atoms with Gasteiger partial charge in [-0.25, -0.2) is 28.4 Å². The van der Waals surface area contributed by atoms with E-state index in [1.165, 1.54) is 6.07 Å². The van der Waals surface area contributed by atoms with E-state index in [1.807, 2.05) is 9.69 Å². The van der Waals surface area contributed by atoms with Crippen molar-refractivity contribution in [1.82, 2.24) is 29.8 Å². The minimum atomic E-state index is -0.947. The zero-order valence-corrected chi connectivity index (χ0v) is 18.1. The first-order valence-corrected chi connectivity index (χ1v) is 10.6. The average molecular weight is 479 g/mol. The Kier molecular flexibility index (Phi) is 4.83. The summed E-state index contributed by atoms with van der Waals surface area (Å²) in [4.78, 5) is 18.9. The third-order valence-corrected chi connectivity index (χ3v) is 5.93. The summed E-state index contributed by atoms with van der Waals surface area (Å²) in [6.45, 7) is 6.25. The number of benzene rings is 1. The zero-order valence-electron chi connectivity index (χ0n) is 16.5. The molecule has 1 saturated heterocycles. The first-order chi connectivity index (χ1) is 14.4. The van der Waals surface area contributed by atoms with Gasteiger partial charge in [-0.15, -0.1) is 0 Å². The largest absolute Gasteiger partial charge is 0.340 e. The molecular formula is C19H21BrF2N8. The lowest BCUT2D eigenvalue weighted by Crippen LogP contribution is -2.63. The minimum Gasteiger partial charge on any atom is -0.340 e. The van der Waals surface area contributed by atoms with Crippen molar-refractivity contribution < 1.29 is 8.78 Å². The SMILES string of the molecule is C[C@@H]1CN(C2N=Cc3ncc(Br)n3N2Cc2nc3c(F)c(F)ccc3[nH]2)C[C@H](C)N1. The zero-order chi connectivity index (χ0) is 21.0. The first kappa shape index (κ1) is 19.6. The van der Waals surface area contributed by atoms with Gasteiger partial charge in [-0.3, -0.25) is 9.91 Å². The van der Waals surface area contributed by atoms with Gasteiger partial charge in [0.1, 0.15) is 15.9 Å². The second-order valence-electron chi connectivity index (χ2n) is 7.84. The van der Waals surface area contributed by atoms with Crippen molar-refractivity contribution in [2.24, 2.45) is 4.99 Å². The van der Waals surface area contributed by atoms with E-state index in [-0.39, 0.29) is 11.8 Å². The molecule has 4 heterocycles. The number of imidazole rings is 2. The van der Waals surface area contributed by atoms with Crippen molar-refractivity contribution in [2.75, 3.05) is 18.1 Å². The van der Waals surface area contributed by atoms with Crippen molar-refractivity contribution in [2.45, 2.75) is 38.8 Å². The molecule has 3 aromatic rings. The lowest BCUT2D eigenvalue weighted by atomic mass is 10.1. The van der Waals surface area contributed by atoms with Crippen molar-refractivity contribution in [3.05, 3.63) is 46.2 Å². The molecule has 0 radical (unpaired) electrons. The number of piperazine rings is 1. The van der Waals surface area contributed by atoms with Gasteiger partial charge >= 0.3 is 0 Å². The maximum Gasteiger partial charge on any atom is 0.192 e. The standard InChI is InChI=1S/C19H21BrF2N8/c1-10-7-28(8-11(2)25-10)19-24-6-16-23-5-14(20)30(16)29(19)9-15-26-13-4-3-12(21)17(22)18(13)27-15/h3-6,10-11,19,25H,7-9H2,1-2H3,(H,26,27)/t10-,11+,19?. The summed E-state index contributed by atoms with van der Waals surface area (Å²) in [5.41, 5.74) is 0.451. The summed E-state index contributed by atoms with van der Waals surface area (Å²) >= 11 is 3.56. The van der Waals surface area contributed by atoms with Gasteiger partial charge in [0.25, 0.3) is 0 Å². The molecule has 2 aliphatic rings. The number of hydrogen-bond acceptors (Lipinski definition) is 6. The van der Waals surface area contributed by atoms with Crippen molar-refractivity contribution in [3.63, 3.8) is 0 Å². The molecule has 3 atom stereocenters. The number of rotatable bonds is 3. The van der Waals surface area contributed by atoms with Gasteiger partial charge in [-0.05, 0) is 41.9 Å². The first-order valence-electron chi connectivity index (χ1n) is 9.76. The molecule has 30 heavy (non-hydrogen) atoms. The highest BCUT2D eigenvalue weighted by atomic mass is 79.9. The Labute approximate surface area is 180 Å². The fraction of sp³-hybridized carbons (Fsp3) is 0.421.